The zero-order valence-corrected chi connectivity index (χ0v) is 20.2. The lowest BCUT2D eigenvalue weighted by atomic mass is 10.2. The van der Waals surface area contributed by atoms with E-state index in [1.807, 2.05) is 42.5 Å². The van der Waals surface area contributed by atoms with Gasteiger partial charge in [0.25, 0.3) is 0 Å². The number of methoxy groups -OCH3 is 1. The minimum absolute atomic E-state index is 0.116. The Bertz CT molecular complexity index is 1310. The summed E-state index contributed by atoms with van der Waals surface area (Å²) < 4.78 is 11.7. The topological polar surface area (TPSA) is 104 Å². The molecule has 4 rings (SSSR count). The number of aliphatic hydroxyl groups is 1. The number of anilines is 2. The molecule has 2 N–H and O–H groups in total. The summed E-state index contributed by atoms with van der Waals surface area (Å²) in [6, 6.07) is 23.2. The van der Waals surface area contributed by atoms with Gasteiger partial charge in [-0.2, -0.15) is 5.26 Å². The molecule has 0 saturated carbocycles. The third kappa shape index (κ3) is 6.48. The maximum absolute atomic E-state index is 9.44. The molecule has 8 heteroatoms. The van der Waals surface area contributed by atoms with Crippen LogP contribution in [-0.2, 0) is 6.54 Å². The maximum atomic E-state index is 9.44. The molecule has 0 radical (unpaired) electrons. The van der Waals surface area contributed by atoms with Crippen molar-refractivity contribution < 1.29 is 14.6 Å². The normalized spacial score (nSPS) is 10.8. The molecule has 36 heavy (non-hydrogen) atoms. The Morgan fingerprint density at radius 3 is 2.53 bits per heavy atom. The Hall–Kier alpha value is -4.19. The van der Waals surface area contributed by atoms with Gasteiger partial charge in [-0.25, -0.2) is 9.97 Å². The van der Waals surface area contributed by atoms with Crippen LogP contribution in [0.2, 0.25) is 0 Å². The predicted molar refractivity (Wildman–Crippen MR) is 139 cm³/mol. The molecule has 3 aromatic carbocycles. The van der Waals surface area contributed by atoms with Crippen molar-refractivity contribution in [3.8, 4) is 17.6 Å². The van der Waals surface area contributed by atoms with Gasteiger partial charge >= 0.3 is 0 Å². The molecule has 0 amide bonds. The van der Waals surface area contributed by atoms with Crippen LogP contribution in [0.1, 0.15) is 17.5 Å². The van der Waals surface area contributed by atoms with Crippen LogP contribution in [0.15, 0.2) is 73.1 Å². The average molecular weight is 484 g/mol. The summed E-state index contributed by atoms with van der Waals surface area (Å²) in [5.74, 6) is 1.84. The highest BCUT2D eigenvalue weighted by atomic mass is 16.5. The Morgan fingerprint density at radius 2 is 1.81 bits per heavy atom. The molecule has 0 aliphatic carbocycles. The Morgan fingerprint density at radius 1 is 1.00 bits per heavy atom. The van der Waals surface area contributed by atoms with E-state index in [0.717, 1.165) is 36.1 Å². The summed E-state index contributed by atoms with van der Waals surface area (Å²) >= 11 is 0. The van der Waals surface area contributed by atoms with Crippen LogP contribution in [0.3, 0.4) is 0 Å². The van der Waals surface area contributed by atoms with E-state index in [0.29, 0.717) is 36.0 Å². The fraction of sp³-hybridized carbons (Fsp3) is 0.250. The lowest BCUT2D eigenvalue weighted by Gasteiger charge is -2.21. The molecule has 0 saturated heterocycles. The van der Waals surface area contributed by atoms with Crippen molar-refractivity contribution in [3.63, 3.8) is 0 Å². The van der Waals surface area contributed by atoms with Crippen molar-refractivity contribution in [2.45, 2.75) is 13.0 Å². The number of aromatic nitrogens is 2. The first kappa shape index (κ1) is 24.9. The van der Waals surface area contributed by atoms with Gasteiger partial charge in [-0.15, -0.1) is 0 Å². The van der Waals surface area contributed by atoms with Crippen LogP contribution in [0.25, 0.3) is 10.9 Å². The number of nitrogens with one attached hydrogen (secondary N) is 1. The Balaban J connectivity index is 1.42. The van der Waals surface area contributed by atoms with Gasteiger partial charge in [0.05, 0.1) is 37.5 Å². The summed E-state index contributed by atoms with van der Waals surface area (Å²) in [4.78, 5) is 11.0. The number of aliphatic hydroxyl groups excluding tert-OH is 1. The molecular formula is C28H29N5O3. The van der Waals surface area contributed by atoms with Crippen LogP contribution >= 0.6 is 0 Å². The van der Waals surface area contributed by atoms with E-state index in [1.165, 1.54) is 11.9 Å². The first-order valence-electron chi connectivity index (χ1n) is 11.8. The molecule has 0 aliphatic rings. The lowest BCUT2D eigenvalue weighted by Crippen LogP contribution is -2.28. The monoisotopic (exact) mass is 483 g/mol. The fourth-order valence-corrected chi connectivity index (χ4v) is 3.92. The van der Waals surface area contributed by atoms with E-state index in [4.69, 9.17) is 14.7 Å². The van der Waals surface area contributed by atoms with Gasteiger partial charge in [0, 0.05) is 36.8 Å². The zero-order chi connectivity index (χ0) is 25.2. The quantitative estimate of drug-likeness (QED) is 0.284. The van der Waals surface area contributed by atoms with Crippen LogP contribution in [-0.4, -0.2) is 53.4 Å². The van der Waals surface area contributed by atoms with Crippen LogP contribution in [0.5, 0.6) is 11.5 Å². The number of benzene rings is 3. The van der Waals surface area contributed by atoms with Crippen molar-refractivity contribution in [3.05, 3.63) is 84.2 Å². The number of rotatable bonds is 12. The maximum Gasteiger partial charge on any atom is 0.163 e. The van der Waals surface area contributed by atoms with Gasteiger partial charge in [0.1, 0.15) is 12.1 Å². The van der Waals surface area contributed by atoms with E-state index in [2.05, 4.69) is 38.4 Å². The minimum Gasteiger partial charge on any atom is -0.493 e. The number of hydrogen-bond acceptors (Lipinski definition) is 8. The molecule has 0 aliphatic heterocycles. The zero-order valence-electron chi connectivity index (χ0n) is 20.2. The summed E-state index contributed by atoms with van der Waals surface area (Å²) in [5.41, 5.74) is 3.35. The molecule has 4 aromatic rings. The van der Waals surface area contributed by atoms with Crippen molar-refractivity contribution >= 4 is 22.4 Å². The van der Waals surface area contributed by atoms with Crippen LogP contribution in [0.4, 0.5) is 11.5 Å². The van der Waals surface area contributed by atoms with Gasteiger partial charge in [0.15, 0.2) is 11.5 Å². The number of nitrogens with zero attached hydrogens (tertiary/aromatic N) is 4. The number of ether oxygens (including phenoxy) is 2. The second-order valence-corrected chi connectivity index (χ2v) is 8.24. The van der Waals surface area contributed by atoms with Crippen molar-refractivity contribution in [2.24, 2.45) is 0 Å². The summed E-state index contributed by atoms with van der Waals surface area (Å²) in [6.07, 6.45) is 2.30. The third-order valence-corrected chi connectivity index (χ3v) is 5.74. The molecule has 0 bridgehead atoms. The first-order valence-corrected chi connectivity index (χ1v) is 11.8. The molecule has 184 valence electrons. The van der Waals surface area contributed by atoms with Gasteiger partial charge < -0.3 is 19.9 Å². The van der Waals surface area contributed by atoms with E-state index in [-0.39, 0.29) is 6.61 Å². The molecule has 8 nitrogen and oxygen atoms in total. The van der Waals surface area contributed by atoms with Gasteiger partial charge in [0.2, 0.25) is 0 Å². The second kappa shape index (κ2) is 12.5. The van der Waals surface area contributed by atoms with E-state index >= 15 is 0 Å². The molecule has 0 fully saturated rings. The molecule has 1 heterocycles. The average Bonchev–Trinajstić information content (AvgIpc) is 2.92. The van der Waals surface area contributed by atoms with Crippen molar-refractivity contribution in [1.82, 2.24) is 14.9 Å². The van der Waals surface area contributed by atoms with E-state index in [1.54, 1.807) is 19.2 Å². The highest BCUT2D eigenvalue weighted by molar-refractivity contribution is 5.93. The third-order valence-electron chi connectivity index (χ3n) is 5.74. The molecular weight excluding hydrogens is 454 g/mol. The molecule has 0 spiro atoms. The number of nitriles is 1. The summed E-state index contributed by atoms with van der Waals surface area (Å²) in [7, 11) is 1.61. The molecule has 0 atom stereocenters. The van der Waals surface area contributed by atoms with Gasteiger partial charge in [-0.3, -0.25) is 4.90 Å². The van der Waals surface area contributed by atoms with Gasteiger partial charge in [-0.05, 0) is 42.3 Å². The highest BCUT2D eigenvalue weighted by Crippen LogP contribution is 2.34. The number of fused-ring (bicyclic) bond motifs is 1. The van der Waals surface area contributed by atoms with Gasteiger partial charge in [-0.1, -0.05) is 30.3 Å². The van der Waals surface area contributed by atoms with Crippen molar-refractivity contribution in [1.29, 1.82) is 5.26 Å². The minimum atomic E-state index is 0.116. The molecule has 0 unspecified atom stereocenters. The van der Waals surface area contributed by atoms with E-state index < -0.39 is 0 Å². The van der Waals surface area contributed by atoms with E-state index in [9.17, 15) is 5.11 Å². The fourth-order valence-electron chi connectivity index (χ4n) is 3.92. The van der Waals surface area contributed by atoms with Crippen LogP contribution < -0.4 is 14.8 Å². The number of hydrogen-bond donors (Lipinski definition) is 2. The smallest absolute Gasteiger partial charge is 0.163 e. The Kier molecular flexibility index (Phi) is 8.65. The summed E-state index contributed by atoms with van der Waals surface area (Å²) in [5, 5.41) is 22.5. The first-order chi connectivity index (χ1) is 17.7. The van der Waals surface area contributed by atoms with Crippen LogP contribution in [0, 0.1) is 11.3 Å². The predicted octanol–water partition coefficient (Wildman–Crippen LogP) is 4.52. The molecule has 1 aromatic heterocycles. The lowest BCUT2D eigenvalue weighted by molar-refractivity contribution is 0.177. The van der Waals surface area contributed by atoms with Crippen molar-refractivity contribution in [2.75, 3.05) is 38.7 Å². The highest BCUT2D eigenvalue weighted by Gasteiger charge is 2.13. The SMILES string of the molecule is COc1cc2c(Nc3ccc(C#N)cc3)ncnc2cc1OCCCN(CCO)Cc1ccccc1. The summed E-state index contributed by atoms with van der Waals surface area (Å²) in [6.45, 7) is 2.81. The standard InChI is InChI=1S/C28H29N5O3/c1-35-26-16-24-25(30-20-31-28(24)32-23-10-8-21(18-29)9-11-23)17-27(26)36-15-5-12-33(13-14-34)19-22-6-3-2-4-7-22/h2-4,6-11,16-17,20,34H,5,12-15,19H2,1H3,(H,30,31,32). The second-order valence-electron chi connectivity index (χ2n) is 8.24. The Labute approximate surface area is 210 Å². The largest absolute Gasteiger partial charge is 0.493 e.